The Morgan fingerprint density at radius 2 is 2.38 bits per heavy atom. The number of fused-ring (bicyclic) bond motifs is 1. The average Bonchev–Trinajstić information content (AvgIpc) is 2.51. The Morgan fingerprint density at radius 3 is 3.15 bits per heavy atom. The second-order valence-electron chi connectivity index (χ2n) is 2.70. The van der Waals surface area contributed by atoms with Gasteiger partial charge in [0, 0.05) is 12.5 Å². The van der Waals surface area contributed by atoms with E-state index in [0.717, 1.165) is 0 Å². The summed E-state index contributed by atoms with van der Waals surface area (Å²) in [5.41, 5.74) is 0.519. The fourth-order valence-corrected chi connectivity index (χ4v) is 1.28. The Balaban J connectivity index is 2.71. The van der Waals surface area contributed by atoms with Crippen molar-refractivity contribution in [3.05, 3.63) is 34.4 Å². The minimum absolute atomic E-state index is 0.0126. The molecule has 0 fully saturated rings. The van der Waals surface area contributed by atoms with Crippen molar-refractivity contribution in [1.82, 2.24) is 14.6 Å². The Hall–Kier alpha value is -1.62. The monoisotopic (exact) mass is 179 g/mol. The van der Waals surface area contributed by atoms with E-state index >= 15 is 0 Å². The van der Waals surface area contributed by atoms with Gasteiger partial charge in [0.2, 0.25) is 0 Å². The van der Waals surface area contributed by atoms with Gasteiger partial charge in [0.15, 0.2) is 0 Å². The van der Waals surface area contributed by atoms with Crippen molar-refractivity contribution in [2.45, 2.75) is 6.42 Å². The molecule has 0 saturated heterocycles. The molecular formula is C8H9N3O2. The molecule has 2 heterocycles. The first kappa shape index (κ1) is 8.00. The Morgan fingerprint density at radius 1 is 1.54 bits per heavy atom. The van der Waals surface area contributed by atoms with E-state index in [-0.39, 0.29) is 12.2 Å². The Kier molecular flexibility index (Phi) is 1.86. The number of aromatic amines is 1. The van der Waals surface area contributed by atoms with Crippen molar-refractivity contribution in [1.29, 1.82) is 0 Å². The standard InChI is InChI=1S/C8H9N3O2/c12-5-4-7-10-9-6-2-1-3-8(13)11(6)7/h1-3,9,12H,4-5H2. The molecule has 0 unspecified atom stereocenters. The number of rotatable bonds is 2. The summed E-state index contributed by atoms with van der Waals surface area (Å²) in [5.74, 6) is 0.558. The van der Waals surface area contributed by atoms with Crippen LogP contribution in [0, 0.1) is 0 Å². The molecule has 0 aliphatic carbocycles. The molecule has 2 aromatic heterocycles. The van der Waals surface area contributed by atoms with Gasteiger partial charge in [-0.1, -0.05) is 6.07 Å². The molecule has 0 aliphatic rings. The zero-order valence-corrected chi connectivity index (χ0v) is 6.90. The number of hydrogen-bond donors (Lipinski definition) is 2. The van der Waals surface area contributed by atoms with Gasteiger partial charge in [-0.25, -0.2) is 4.40 Å². The van der Waals surface area contributed by atoms with Crippen LogP contribution in [0.3, 0.4) is 0 Å². The van der Waals surface area contributed by atoms with E-state index < -0.39 is 0 Å². The van der Waals surface area contributed by atoms with E-state index in [0.29, 0.717) is 17.9 Å². The first-order chi connectivity index (χ1) is 6.33. The predicted octanol–water partition coefficient (Wildman–Crippen LogP) is -0.443. The maximum absolute atomic E-state index is 11.4. The summed E-state index contributed by atoms with van der Waals surface area (Å²) >= 11 is 0. The maximum atomic E-state index is 11.4. The first-order valence-electron chi connectivity index (χ1n) is 3.99. The summed E-state index contributed by atoms with van der Waals surface area (Å²) in [6.07, 6.45) is 0.379. The molecular weight excluding hydrogens is 170 g/mol. The van der Waals surface area contributed by atoms with Crippen LogP contribution in [0.25, 0.3) is 5.65 Å². The molecule has 0 bridgehead atoms. The van der Waals surface area contributed by atoms with E-state index in [9.17, 15) is 4.79 Å². The largest absolute Gasteiger partial charge is 0.396 e. The van der Waals surface area contributed by atoms with Crippen molar-refractivity contribution < 1.29 is 5.11 Å². The number of pyridine rings is 1. The van der Waals surface area contributed by atoms with Gasteiger partial charge in [-0.2, -0.15) is 5.10 Å². The highest BCUT2D eigenvalue weighted by Crippen LogP contribution is 1.98. The van der Waals surface area contributed by atoms with Crippen LogP contribution in [0.2, 0.25) is 0 Å². The van der Waals surface area contributed by atoms with Crippen LogP contribution in [0.1, 0.15) is 5.82 Å². The van der Waals surface area contributed by atoms with Crippen molar-refractivity contribution in [2.24, 2.45) is 0 Å². The van der Waals surface area contributed by atoms with Crippen LogP contribution in [-0.4, -0.2) is 26.3 Å². The number of aliphatic hydroxyl groups is 1. The lowest BCUT2D eigenvalue weighted by Gasteiger charge is -1.94. The van der Waals surface area contributed by atoms with Gasteiger partial charge in [0.25, 0.3) is 5.56 Å². The molecule has 0 radical (unpaired) electrons. The minimum atomic E-state index is -0.130. The summed E-state index contributed by atoms with van der Waals surface area (Å²) in [6.45, 7) is -0.0126. The fourth-order valence-electron chi connectivity index (χ4n) is 1.28. The minimum Gasteiger partial charge on any atom is -0.396 e. The van der Waals surface area contributed by atoms with E-state index in [1.165, 1.54) is 10.5 Å². The molecule has 13 heavy (non-hydrogen) atoms. The number of hydrogen-bond acceptors (Lipinski definition) is 3. The highest BCUT2D eigenvalue weighted by Gasteiger charge is 2.04. The Labute approximate surface area is 73.6 Å². The van der Waals surface area contributed by atoms with E-state index in [4.69, 9.17) is 5.11 Å². The number of nitrogens with one attached hydrogen (secondary N) is 1. The van der Waals surface area contributed by atoms with Gasteiger partial charge >= 0.3 is 0 Å². The second-order valence-corrected chi connectivity index (χ2v) is 2.70. The summed E-state index contributed by atoms with van der Waals surface area (Å²) in [5, 5.41) is 15.4. The van der Waals surface area contributed by atoms with Crippen molar-refractivity contribution in [3.8, 4) is 0 Å². The third kappa shape index (κ3) is 1.23. The van der Waals surface area contributed by atoms with Crippen LogP contribution in [0.15, 0.2) is 23.0 Å². The quantitative estimate of drug-likeness (QED) is 0.656. The zero-order chi connectivity index (χ0) is 9.26. The molecule has 0 saturated carbocycles. The van der Waals surface area contributed by atoms with Gasteiger partial charge in [0.05, 0.1) is 6.61 Å². The lowest BCUT2D eigenvalue weighted by molar-refractivity contribution is 0.296. The van der Waals surface area contributed by atoms with Gasteiger partial charge in [-0.15, -0.1) is 0 Å². The molecule has 0 spiro atoms. The summed E-state index contributed by atoms with van der Waals surface area (Å²) in [6, 6.07) is 4.89. The van der Waals surface area contributed by atoms with E-state index in [1.54, 1.807) is 12.1 Å². The SMILES string of the molecule is O=c1cccc2[nH]nc(CCO)n12. The molecule has 0 atom stereocenters. The van der Waals surface area contributed by atoms with Gasteiger partial charge < -0.3 is 5.11 Å². The van der Waals surface area contributed by atoms with Crippen LogP contribution in [-0.2, 0) is 6.42 Å². The molecule has 2 rings (SSSR count). The van der Waals surface area contributed by atoms with Gasteiger partial charge in [-0.05, 0) is 6.07 Å². The molecule has 0 aromatic carbocycles. The molecule has 2 N–H and O–H groups in total. The smallest absolute Gasteiger partial charge is 0.257 e. The van der Waals surface area contributed by atoms with Crippen LogP contribution in [0.5, 0.6) is 0 Å². The zero-order valence-electron chi connectivity index (χ0n) is 6.90. The third-order valence-electron chi connectivity index (χ3n) is 1.85. The molecule has 5 heteroatoms. The summed E-state index contributed by atoms with van der Waals surface area (Å²) in [7, 11) is 0. The van der Waals surface area contributed by atoms with E-state index in [1.807, 2.05) is 0 Å². The summed E-state index contributed by atoms with van der Waals surface area (Å²) < 4.78 is 1.45. The third-order valence-corrected chi connectivity index (χ3v) is 1.85. The van der Waals surface area contributed by atoms with Gasteiger partial charge in [0.1, 0.15) is 11.5 Å². The first-order valence-corrected chi connectivity index (χ1v) is 3.99. The molecule has 2 aromatic rings. The predicted molar refractivity (Wildman–Crippen MR) is 46.6 cm³/mol. The van der Waals surface area contributed by atoms with Crippen LogP contribution in [0.4, 0.5) is 0 Å². The number of aliphatic hydroxyl groups excluding tert-OH is 1. The highest BCUT2D eigenvalue weighted by molar-refractivity contribution is 5.36. The van der Waals surface area contributed by atoms with Crippen molar-refractivity contribution >= 4 is 5.65 Å². The van der Waals surface area contributed by atoms with Crippen LogP contribution < -0.4 is 5.56 Å². The fraction of sp³-hybridized carbons (Fsp3) is 0.250. The topological polar surface area (TPSA) is 70.4 Å². The lowest BCUT2D eigenvalue weighted by Crippen LogP contribution is -2.14. The number of aromatic nitrogens is 3. The summed E-state index contributed by atoms with van der Waals surface area (Å²) in [4.78, 5) is 11.4. The molecule has 5 nitrogen and oxygen atoms in total. The molecule has 68 valence electrons. The molecule has 0 amide bonds. The molecule has 0 aliphatic heterocycles. The number of H-pyrrole nitrogens is 1. The van der Waals surface area contributed by atoms with E-state index in [2.05, 4.69) is 10.2 Å². The second kappa shape index (κ2) is 3.02. The highest BCUT2D eigenvalue weighted by atomic mass is 16.3. The van der Waals surface area contributed by atoms with Crippen molar-refractivity contribution in [3.63, 3.8) is 0 Å². The maximum Gasteiger partial charge on any atom is 0.257 e. The van der Waals surface area contributed by atoms with Crippen LogP contribution >= 0.6 is 0 Å². The Bertz CT molecular complexity index is 471. The average molecular weight is 179 g/mol. The van der Waals surface area contributed by atoms with Gasteiger partial charge in [-0.3, -0.25) is 9.89 Å². The number of nitrogens with zero attached hydrogens (tertiary/aromatic N) is 2. The lowest BCUT2D eigenvalue weighted by atomic mass is 10.4. The normalized spacial score (nSPS) is 10.8. The van der Waals surface area contributed by atoms with Crippen molar-refractivity contribution in [2.75, 3.05) is 6.61 Å².